The van der Waals surface area contributed by atoms with E-state index in [1.54, 1.807) is 37.5 Å². The fourth-order valence-corrected chi connectivity index (χ4v) is 2.09. The molecule has 2 N–H and O–H groups in total. The predicted molar refractivity (Wildman–Crippen MR) is 76.4 cm³/mol. The van der Waals surface area contributed by atoms with Gasteiger partial charge in [0, 0.05) is 13.1 Å². The second kappa shape index (κ2) is 5.97. The average molecular weight is 300 g/mol. The summed E-state index contributed by atoms with van der Waals surface area (Å²) in [4.78, 5) is 0. The topological polar surface area (TPSA) is 45.4 Å². The summed E-state index contributed by atoms with van der Waals surface area (Å²) in [6, 6.07) is 8.95. The highest BCUT2D eigenvalue weighted by molar-refractivity contribution is 6.42. The molecule has 0 fully saturated rings. The lowest BCUT2D eigenvalue weighted by atomic mass is 10.0. The van der Waals surface area contributed by atoms with Crippen LogP contribution in [0.1, 0.15) is 18.2 Å². The number of hydrogen-bond acceptors (Lipinski definition) is 3. The van der Waals surface area contributed by atoms with Gasteiger partial charge in [-0.25, -0.2) is 0 Å². The molecule has 0 aliphatic rings. The zero-order valence-corrected chi connectivity index (χ0v) is 12.0. The first-order chi connectivity index (χ1) is 8.99. The van der Waals surface area contributed by atoms with Crippen LogP contribution in [0.2, 0.25) is 10.0 Å². The number of halogens is 2. The van der Waals surface area contributed by atoms with Gasteiger partial charge >= 0.3 is 0 Å². The smallest absolute Gasteiger partial charge is 0.136 e. The van der Waals surface area contributed by atoms with Gasteiger partial charge < -0.3 is 14.8 Å². The molecule has 0 amide bonds. The summed E-state index contributed by atoms with van der Waals surface area (Å²) in [7, 11) is 0. The zero-order valence-electron chi connectivity index (χ0n) is 10.5. The lowest BCUT2D eigenvalue weighted by Gasteiger charge is -2.21. The molecule has 0 aliphatic carbocycles. The van der Waals surface area contributed by atoms with Gasteiger partial charge in [0.2, 0.25) is 0 Å². The summed E-state index contributed by atoms with van der Waals surface area (Å²) in [6.07, 6.45) is 1.54. The van der Waals surface area contributed by atoms with Gasteiger partial charge in [-0.2, -0.15) is 0 Å². The van der Waals surface area contributed by atoms with E-state index in [2.05, 4.69) is 5.32 Å². The van der Waals surface area contributed by atoms with Crippen LogP contribution < -0.4 is 5.32 Å². The number of aliphatic hydroxyl groups is 1. The number of furan rings is 1. The van der Waals surface area contributed by atoms with Crippen LogP contribution in [0, 0.1) is 0 Å². The fraction of sp³-hybridized carbons (Fsp3) is 0.286. The number of nitrogens with one attached hydrogen (secondary N) is 1. The Morgan fingerprint density at radius 1 is 1.26 bits per heavy atom. The van der Waals surface area contributed by atoms with Gasteiger partial charge in [0.25, 0.3) is 0 Å². The Hall–Kier alpha value is -1.00. The molecule has 0 saturated carbocycles. The molecule has 0 spiro atoms. The van der Waals surface area contributed by atoms with E-state index in [4.69, 9.17) is 27.6 Å². The molecule has 1 aromatic carbocycles. The van der Waals surface area contributed by atoms with Gasteiger partial charge in [-0.3, -0.25) is 0 Å². The van der Waals surface area contributed by atoms with Gasteiger partial charge in [0.15, 0.2) is 0 Å². The summed E-state index contributed by atoms with van der Waals surface area (Å²) in [6.45, 7) is 2.67. The minimum absolute atomic E-state index is 0.376. The summed E-state index contributed by atoms with van der Waals surface area (Å²) in [5, 5.41) is 14.5. The first kappa shape index (κ1) is 14.4. The van der Waals surface area contributed by atoms with Crippen molar-refractivity contribution in [2.75, 3.05) is 6.54 Å². The standard InChI is InChI=1S/C14H15Cl2NO2/c1-14(18,13-3-2-6-19-13)9-17-8-10-4-5-11(15)12(16)7-10/h2-7,17-18H,8-9H2,1H3. The fourth-order valence-electron chi connectivity index (χ4n) is 1.77. The molecule has 0 radical (unpaired) electrons. The molecule has 1 unspecified atom stereocenters. The number of benzene rings is 1. The van der Waals surface area contributed by atoms with Crippen molar-refractivity contribution in [3.63, 3.8) is 0 Å². The molecule has 102 valence electrons. The van der Waals surface area contributed by atoms with Gasteiger partial charge in [-0.15, -0.1) is 0 Å². The zero-order chi connectivity index (χ0) is 13.9. The van der Waals surface area contributed by atoms with E-state index in [0.717, 1.165) is 5.56 Å². The molecule has 5 heteroatoms. The Kier molecular flexibility index (Phi) is 4.53. The minimum atomic E-state index is -1.04. The molecular formula is C14H15Cl2NO2. The third-order valence-corrected chi connectivity index (χ3v) is 3.57. The van der Waals surface area contributed by atoms with Crippen molar-refractivity contribution in [2.24, 2.45) is 0 Å². The average Bonchev–Trinajstić information content (AvgIpc) is 2.88. The molecule has 2 rings (SSSR count). The number of rotatable bonds is 5. The Morgan fingerprint density at radius 3 is 2.68 bits per heavy atom. The summed E-state index contributed by atoms with van der Waals surface area (Å²) < 4.78 is 5.21. The lowest BCUT2D eigenvalue weighted by molar-refractivity contribution is 0.0340. The molecular weight excluding hydrogens is 285 g/mol. The van der Waals surface area contributed by atoms with E-state index in [0.29, 0.717) is 28.9 Å². The highest BCUT2D eigenvalue weighted by Crippen LogP contribution is 2.23. The minimum Gasteiger partial charge on any atom is -0.466 e. The van der Waals surface area contributed by atoms with Crippen molar-refractivity contribution < 1.29 is 9.52 Å². The predicted octanol–water partition coefficient (Wildman–Crippen LogP) is 3.58. The van der Waals surface area contributed by atoms with Crippen molar-refractivity contribution in [3.05, 3.63) is 58.0 Å². The van der Waals surface area contributed by atoms with E-state index in [1.165, 1.54) is 0 Å². The van der Waals surface area contributed by atoms with Crippen LogP contribution in [-0.4, -0.2) is 11.7 Å². The Morgan fingerprint density at radius 2 is 2.05 bits per heavy atom. The van der Waals surface area contributed by atoms with E-state index in [1.807, 2.05) is 6.07 Å². The first-order valence-electron chi connectivity index (χ1n) is 5.90. The maximum Gasteiger partial charge on any atom is 0.136 e. The van der Waals surface area contributed by atoms with Crippen LogP contribution in [0.25, 0.3) is 0 Å². The largest absolute Gasteiger partial charge is 0.466 e. The highest BCUT2D eigenvalue weighted by atomic mass is 35.5. The monoisotopic (exact) mass is 299 g/mol. The summed E-state index contributed by atoms with van der Waals surface area (Å²) >= 11 is 11.8. The van der Waals surface area contributed by atoms with Crippen molar-refractivity contribution in [1.29, 1.82) is 0 Å². The quantitative estimate of drug-likeness (QED) is 0.887. The summed E-state index contributed by atoms with van der Waals surface area (Å²) in [5.41, 5.74) is -0.0376. The normalized spacial score (nSPS) is 14.3. The maximum atomic E-state index is 10.2. The van der Waals surface area contributed by atoms with Crippen LogP contribution in [0.15, 0.2) is 41.0 Å². The molecule has 1 aromatic heterocycles. The Bertz CT molecular complexity index is 538. The van der Waals surface area contributed by atoms with E-state index in [-0.39, 0.29) is 0 Å². The van der Waals surface area contributed by atoms with Crippen molar-refractivity contribution in [2.45, 2.75) is 19.1 Å². The SMILES string of the molecule is CC(O)(CNCc1ccc(Cl)c(Cl)c1)c1ccco1. The van der Waals surface area contributed by atoms with Gasteiger partial charge in [-0.1, -0.05) is 29.3 Å². The van der Waals surface area contributed by atoms with Crippen molar-refractivity contribution in [3.8, 4) is 0 Å². The Balaban J connectivity index is 1.91. The highest BCUT2D eigenvalue weighted by Gasteiger charge is 2.25. The van der Waals surface area contributed by atoms with E-state index in [9.17, 15) is 5.11 Å². The Labute approximate surface area is 122 Å². The van der Waals surface area contributed by atoms with E-state index < -0.39 is 5.60 Å². The third-order valence-electron chi connectivity index (χ3n) is 2.83. The van der Waals surface area contributed by atoms with Crippen LogP contribution in [0.5, 0.6) is 0 Å². The second-order valence-electron chi connectivity index (χ2n) is 4.60. The van der Waals surface area contributed by atoms with Crippen molar-refractivity contribution in [1.82, 2.24) is 5.32 Å². The third kappa shape index (κ3) is 3.74. The molecule has 19 heavy (non-hydrogen) atoms. The van der Waals surface area contributed by atoms with Crippen LogP contribution in [-0.2, 0) is 12.1 Å². The van der Waals surface area contributed by atoms with Crippen LogP contribution in [0.3, 0.4) is 0 Å². The molecule has 2 aromatic rings. The van der Waals surface area contributed by atoms with Crippen molar-refractivity contribution >= 4 is 23.2 Å². The molecule has 0 aliphatic heterocycles. The van der Waals surface area contributed by atoms with E-state index >= 15 is 0 Å². The summed E-state index contributed by atoms with van der Waals surface area (Å²) in [5.74, 6) is 0.536. The molecule has 1 heterocycles. The lowest BCUT2D eigenvalue weighted by Crippen LogP contribution is -2.34. The second-order valence-corrected chi connectivity index (χ2v) is 5.42. The van der Waals surface area contributed by atoms with Crippen LogP contribution in [0.4, 0.5) is 0 Å². The van der Waals surface area contributed by atoms with Gasteiger partial charge in [0.05, 0.1) is 16.3 Å². The molecule has 1 atom stereocenters. The van der Waals surface area contributed by atoms with Gasteiger partial charge in [-0.05, 0) is 36.8 Å². The molecule has 0 saturated heterocycles. The molecule has 3 nitrogen and oxygen atoms in total. The maximum absolute atomic E-state index is 10.2. The molecule has 0 bridgehead atoms. The first-order valence-corrected chi connectivity index (χ1v) is 6.65. The van der Waals surface area contributed by atoms with Gasteiger partial charge in [0.1, 0.15) is 11.4 Å². The van der Waals surface area contributed by atoms with Crippen LogP contribution >= 0.6 is 23.2 Å². The number of hydrogen-bond donors (Lipinski definition) is 2.